The number of rotatable bonds is 4. The Morgan fingerprint density at radius 2 is 1.86 bits per heavy atom. The van der Waals surface area contributed by atoms with E-state index >= 15 is 0 Å². The summed E-state index contributed by atoms with van der Waals surface area (Å²) in [5, 5.41) is 10.9. The largest absolute Gasteiger partial charge is 0.508 e. The zero-order valence-corrected chi connectivity index (χ0v) is 17.6. The Labute approximate surface area is 178 Å². The SMILES string of the molecule is Cc1ccc(Cc2nsc(N3CCN(C(=O)c4cc(O)cc(Cl)c4)CC3)n2)cc1. The monoisotopic (exact) mass is 428 g/mol. The highest BCUT2D eigenvalue weighted by Gasteiger charge is 2.24. The predicted octanol–water partition coefficient (Wildman–Crippen LogP) is 3.76. The number of nitrogens with zero attached hydrogens (tertiary/aromatic N) is 4. The third kappa shape index (κ3) is 4.68. The third-order valence-electron chi connectivity index (χ3n) is 4.91. The summed E-state index contributed by atoms with van der Waals surface area (Å²) in [4.78, 5) is 21.3. The molecule has 8 heteroatoms. The van der Waals surface area contributed by atoms with Crippen molar-refractivity contribution in [3.63, 3.8) is 0 Å². The number of piperazine rings is 1. The lowest BCUT2D eigenvalue weighted by Crippen LogP contribution is -2.48. The van der Waals surface area contributed by atoms with Crippen LogP contribution in [0.5, 0.6) is 5.75 Å². The van der Waals surface area contributed by atoms with Crippen molar-refractivity contribution >= 4 is 34.2 Å². The first-order chi connectivity index (χ1) is 14.0. The van der Waals surface area contributed by atoms with Crippen LogP contribution in [0.1, 0.15) is 27.3 Å². The summed E-state index contributed by atoms with van der Waals surface area (Å²) in [6.45, 7) is 4.62. The molecule has 4 rings (SSSR count). The second kappa shape index (κ2) is 8.39. The number of phenols is 1. The van der Waals surface area contributed by atoms with Crippen molar-refractivity contribution in [3.05, 3.63) is 70.0 Å². The molecule has 1 N–H and O–H groups in total. The minimum absolute atomic E-state index is 0.00514. The van der Waals surface area contributed by atoms with Crippen LogP contribution < -0.4 is 4.90 Å². The van der Waals surface area contributed by atoms with Crippen molar-refractivity contribution in [2.45, 2.75) is 13.3 Å². The van der Waals surface area contributed by atoms with Crippen LogP contribution in [0.2, 0.25) is 5.02 Å². The average Bonchev–Trinajstić information content (AvgIpc) is 3.17. The van der Waals surface area contributed by atoms with Gasteiger partial charge in [-0.25, -0.2) is 4.98 Å². The van der Waals surface area contributed by atoms with Gasteiger partial charge in [-0.2, -0.15) is 4.37 Å². The average molecular weight is 429 g/mol. The molecule has 0 radical (unpaired) electrons. The number of aromatic hydroxyl groups is 1. The van der Waals surface area contributed by atoms with E-state index in [1.54, 1.807) is 11.0 Å². The van der Waals surface area contributed by atoms with E-state index in [0.717, 1.165) is 11.0 Å². The van der Waals surface area contributed by atoms with Gasteiger partial charge in [0.1, 0.15) is 11.6 Å². The zero-order valence-electron chi connectivity index (χ0n) is 16.0. The van der Waals surface area contributed by atoms with Gasteiger partial charge in [-0.15, -0.1) is 0 Å². The summed E-state index contributed by atoms with van der Waals surface area (Å²) >= 11 is 7.35. The molecular formula is C21H21ClN4O2S. The van der Waals surface area contributed by atoms with Crippen LogP contribution in [0, 0.1) is 6.92 Å². The molecule has 3 aromatic rings. The predicted molar refractivity (Wildman–Crippen MR) is 115 cm³/mol. The minimum Gasteiger partial charge on any atom is -0.508 e. The molecule has 1 amide bonds. The first-order valence-electron chi connectivity index (χ1n) is 9.40. The summed E-state index contributed by atoms with van der Waals surface area (Å²) in [5.41, 5.74) is 2.83. The molecule has 1 aliphatic rings. The lowest BCUT2D eigenvalue weighted by molar-refractivity contribution is 0.0746. The van der Waals surface area contributed by atoms with E-state index < -0.39 is 0 Å². The Bertz CT molecular complexity index is 994. The van der Waals surface area contributed by atoms with E-state index in [9.17, 15) is 9.90 Å². The highest BCUT2D eigenvalue weighted by atomic mass is 35.5. The summed E-state index contributed by atoms with van der Waals surface area (Å²) in [5.74, 6) is 0.691. The molecule has 6 nitrogen and oxygen atoms in total. The van der Waals surface area contributed by atoms with Gasteiger partial charge in [0.2, 0.25) is 5.13 Å². The van der Waals surface area contributed by atoms with Crippen LogP contribution >= 0.6 is 23.1 Å². The van der Waals surface area contributed by atoms with Crippen LogP contribution in [-0.4, -0.2) is 51.5 Å². The number of phenolic OH excluding ortho intramolecular Hbond substituents is 1. The lowest BCUT2D eigenvalue weighted by atomic mass is 10.1. The maximum Gasteiger partial charge on any atom is 0.254 e. The number of benzene rings is 2. The fourth-order valence-corrected chi connectivity index (χ4v) is 4.28. The zero-order chi connectivity index (χ0) is 20.4. The van der Waals surface area contributed by atoms with E-state index in [2.05, 4.69) is 45.4 Å². The summed E-state index contributed by atoms with van der Waals surface area (Å²) in [7, 11) is 0. The van der Waals surface area contributed by atoms with Gasteiger partial charge in [0.05, 0.1) is 0 Å². The van der Waals surface area contributed by atoms with Gasteiger partial charge < -0.3 is 14.9 Å². The molecule has 150 valence electrons. The number of halogens is 1. The summed E-state index contributed by atoms with van der Waals surface area (Å²) in [6.07, 6.45) is 0.716. The molecular weight excluding hydrogens is 408 g/mol. The number of aromatic nitrogens is 2. The molecule has 1 aromatic heterocycles. The molecule has 0 unspecified atom stereocenters. The molecule has 0 bridgehead atoms. The van der Waals surface area contributed by atoms with Crippen LogP contribution in [0.25, 0.3) is 0 Å². The molecule has 0 saturated carbocycles. The maximum absolute atomic E-state index is 12.7. The Morgan fingerprint density at radius 3 is 2.55 bits per heavy atom. The normalized spacial score (nSPS) is 14.3. The fourth-order valence-electron chi connectivity index (χ4n) is 3.31. The maximum atomic E-state index is 12.7. The Hall–Kier alpha value is -2.64. The topological polar surface area (TPSA) is 69.6 Å². The molecule has 0 atom stereocenters. The van der Waals surface area contributed by atoms with Crippen molar-refractivity contribution < 1.29 is 9.90 Å². The van der Waals surface area contributed by atoms with E-state index in [0.29, 0.717) is 43.2 Å². The van der Waals surface area contributed by atoms with Gasteiger partial charge in [0, 0.05) is 54.7 Å². The van der Waals surface area contributed by atoms with Gasteiger partial charge in [0.15, 0.2) is 0 Å². The quantitative estimate of drug-likeness (QED) is 0.685. The van der Waals surface area contributed by atoms with Crippen LogP contribution in [0.4, 0.5) is 5.13 Å². The highest BCUT2D eigenvalue weighted by molar-refractivity contribution is 7.09. The molecule has 2 aromatic carbocycles. The van der Waals surface area contributed by atoms with Crippen molar-refractivity contribution in [1.82, 2.24) is 14.3 Å². The Balaban J connectivity index is 1.36. The number of carbonyl (C=O) groups is 1. The standard InChI is InChI=1S/C21H21ClN4O2S/c1-14-2-4-15(5-3-14)10-19-23-21(29-24-19)26-8-6-25(7-9-26)20(28)16-11-17(22)13-18(27)12-16/h2-5,11-13,27H,6-10H2,1H3. The number of anilines is 1. The molecule has 1 aliphatic heterocycles. The molecule has 29 heavy (non-hydrogen) atoms. The Kier molecular flexibility index (Phi) is 5.69. The number of aryl methyl sites for hydroxylation is 1. The fraction of sp³-hybridized carbons (Fsp3) is 0.286. The second-order valence-corrected chi connectivity index (χ2v) is 8.30. The van der Waals surface area contributed by atoms with Gasteiger partial charge in [-0.05, 0) is 30.7 Å². The van der Waals surface area contributed by atoms with Crippen molar-refractivity contribution in [2.75, 3.05) is 31.1 Å². The third-order valence-corrected chi connectivity index (χ3v) is 5.94. The lowest BCUT2D eigenvalue weighted by Gasteiger charge is -2.34. The van der Waals surface area contributed by atoms with Crippen molar-refractivity contribution in [2.24, 2.45) is 0 Å². The number of hydrogen-bond donors (Lipinski definition) is 1. The molecule has 1 fully saturated rings. The molecule has 2 heterocycles. The van der Waals surface area contributed by atoms with Gasteiger partial charge in [-0.1, -0.05) is 41.4 Å². The van der Waals surface area contributed by atoms with Gasteiger partial charge in [-0.3, -0.25) is 4.79 Å². The smallest absolute Gasteiger partial charge is 0.254 e. The Morgan fingerprint density at radius 1 is 1.14 bits per heavy atom. The van der Waals surface area contributed by atoms with Crippen LogP contribution in [0.3, 0.4) is 0 Å². The number of hydrogen-bond acceptors (Lipinski definition) is 6. The van der Waals surface area contributed by atoms with Gasteiger partial charge >= 0.3 is 0 Å². The number of carbonyl (C=O) groups excluding carboxylic acids is 1. The summed E-state index contributed by atoms with van der Waals surface area (Å²) in [6, 6.07) is 12.8. The van der Waals surface area contributed by atoms with Crippen molar-refractivity contribution in [1.29, 1.82) is 0 Å². The van der Waals surface area contributed by atoms with Crippen molar-refractivity contribution in [3.8, 4) is 5.75 Å². The minimum atomic E-state index is -0.125. The van der Waals surface area contributed by atoms with Crippen LogP contribution in [-0.2, 0) is 6.42 Å². The van der Waals surface area contributed by atoms with Crippen LogP contribution in [0.15, 0.2) is 42.5 Å². The van der Waals surface area contributed by atoms with Gasteiger partial charge in [0.25, 0.3) is 5.91 Å². The first-order valence-corrected chi connectivity index (χ1v) is 10.5. The van der Waals surface area contributed by atoms with E-state index in [4.69, 9.17) is 11.6 Å². The second-order valence-electron chi connectivity index (χ2n) is 7.13. The molecule has 1 saturated heterocycles. The van der Waals surface area contributed by atoms with E-state index in [1.165, 1.54) is 34.8 Å². The van der Waals surface area contributed by atoms with E-state index in [1.807, 2.05) is 0 Å². The highest BCUT2D eigenvalue weighted by Crippen LogP contribution is 2.23. The summed E-state index contributed by atoms with van der Waals surface area (Å²) < 4.78 is 4.50. The molecule has 0 spiro atoms. The molecule has 0 aliphatic carbocycles. The first kappa shape index (κ1) is 19.7. The van der Waals surface area contributed by atoms with E-state index in [-0.39, 0.29) is 11.7 Å². The number of amides is 1.